The van der Waals surface area contributed by atoms with Crippen LogP contribution >= 0.6 is 11.8 Å². The van der Waals surface area contributed by atoms with Crippen molar-refractivity contribution in [2.45, 2.75) is 30.9 Å². The lowest BCUT2D eigenvalue weighted by Gasteiger charge is -2.21. The molecule has 0 aliphatic carbocycles. The zero-order chi connectivity index (χ0) is 14.8. The summed E-state index contributed by atoms with van der Waals surface area (Å²) >= 11 is 2.10. The van der Waals surface area contributed by atoms with Crippen molar-refractivity contribution in [1.29, 1.82) is 0 Å². The van der Waals surface area contributed by atoms with Crippen molar-refractivity contribution in [1.82, 2.24) is 14.5 Å². The van der Waals surface area contributed by atoms with Crippen LogP contribution in [0.1, 0.15) is 25.1 Å². The first-order chi connectivity index (χ1) is 10.9. The van der Waals surface area contributed by atoms with E-state index in [9.17, 15) is 0 Å². The molecule has 1 aliphatic heterocycles. The second-order valence-corrected chi connectivity index (χ2v) is 7.15. The second kappa shape index (κ2) is 6.13. The van der Waals surface area contributed by atoms with E-state index in [2.05, 4.69) is 51.6 Å². The maximum absolute atomic E-state index is 4.87. The highest BCUT2D eigenvalue weighted by Crippen LogP contribution is 2.29. The van der Waals surface area contributed by atoms with Crippen LogP contribution in [0.25, 0.3) is 16.9 Å². The molecule has 3 heterocycles. The van der Waals surface area contributed by atoms with E-state index in [4.69, 9.17) is 4.98 Å². The molecule has 0 bridgehead atoms. The lowest BCUT2D eigenvalue weighted by Crippen LogP contribution is -2.15. The standard InChI is InChI=1S/C18H19N3S/c1-2-7-14(8-3-1)21-17(13-15-9-4-5-12-22-15)20-16-10-6-11-19-18(16)21/h1-3,6-8,10-11,15H,4-5,9,12-13H2. The minimum absolute atomic E-state index is 0.688. The number of hydrogen-bond acceptors (Lipinski definition) is 3. The molecule has 112 valence electrons. The summed E-state index contributed by atoms with van der Waals surface area (Å²) in [4.78, 5) is 9.44. The van der Waals surface area contributed by atoms with E-state index in [1.165, 1.54) is 25.0 Å². The highest BCUT2D eigenvalue weighted by molar-refractivity contribution is 7.99. The number of fused-ring (bicyclic) bond motifs is 1. The first kappa shape index (κ1) is 13.8. The van der Waals surface area contributed by atoms with Crippen LogP contribution in [0.4, 0.5) is 0 Å². The summed E-state index contributed by atoms with van der Waals surface area (Å²) in [6.07, 6.45) is 6.88. The molecule has 4 rings (SSSR count). The van der Waals surface area contributed by atoms with Crippen LogP contribution in [0.15, 0.2) is 48.7 Å². The van der Waals surface area contributed by atoms with Crippen LogP contribution in [-0.4, -0.2) is 25.5 Å². The number of imidazole rings is 1. The van der Waals surface area contributed by atoms with E-state index in [0.717, 1.165) is 29.1 Å². The molecule has 4 heteroatoms. The van der Waals surface area contributed by atoms with E-state index < -0.39 is 0 Å². The fourth-order valence-corrected chi connectivity index (χ4v) is 4.42. The van der Waals surface area contributed by atoms with Crippen LogP contribution in [0, 0.1) is 0 Å². The van der Waals surface area contributed by atoms with Crippen LogP contribution in [0.3, 0.4) is 0 Å². The lowest BCUT2D eigenvalue weighted by molar-refractivity contribution is 0.645. The first-order valence-corrected chi connectivity index (χ1v) is 8.96. The van der Waals surface area contributed by atoms with E-state index in [0.29, 0.717) is 5.25 Å². The monoisotopic (exact) mass is 309 g/mol. The smallest absolute Gasteiger partial charge is 0.164 e. The Labute approximate surface area is 134 Å². The molecule has 0 amide bonds. The molecule has 0 N–H and O–H groups in total. The zero-order valence-corrected chi connectivity index (χ0v) is 13.3. The van der Waals surface area contributed by atoms with E-state index in [1.54, 1.807) is 0 Å². The van der Waals surface area contributed by atoms with Gasteiger partial charge < -0.3 is 0 Å². The quantitative estimate of drug-likeness (QED) is 0.724. The number of hydrogen-bond donors (Lipinski definition) is 0. The molecule has 0 radical (unpaired) electrons. The van der Waals surface area contributed by atoms with Crippen molar-refractivity contribution in [3.05, 3.63) is 54.5 Å². The van der Waals surface area contributed by atoms with Crippen LogP contribution in [0.5, 0.6) is 0 Å². The maximum Gasteiger partial charge on any atom is 0.164 e. The third-order valence-electron chi connectivity index (χ3n) is 4.18. The molecule has 1 atom stereocenters. The van der Waals surface area contributed by atoms with Gasteiger partial charge in [-0.3, -0.25) is 4.57 Å². The number of rotatable bonds is 3. The van der Waals surface area contributed by atoms with Gasteiger partial charge >= 0.3 is 0 Å². The van der Waals surface area contributed by atoms with Gasteiger partial charge in [0.15, 0.2) is 5.65 Å². The molecule has 1 unspecified atom stereocenters. The van der Waals surface area contributed by atoms with Gasteiger partial charge in [-0.15, -0.1) is 0 Å². The number of nitrogens with zero attached hydrogens (tertiary/aromatic N) is 3. The molecule has 1 aliphatic rings. The van der Waals surface area contributed by atoms with Gasteiger partial charge in [0.25, 0.3) is 0 Å². The van der Waals surface area contributed by atoms with E-state index in [-0.39, 0.29) is 0 Å². The van der Waals surface area contributed by atoms with E-state index in [1.807, 2.05) is 18.3 Å². The van der Waals surface area contributed by atoms with Crippen molar-refractivity contribution < 1.29 is 0 Å². The van der Waals surface area contributed by atoms with Crippen molar-refractivity contribution in [3.8, 4) is 5.69 Å². The van der Waals surface area contributed by atoms with Crippen molar-refractivity contribution in [2.24, 2.45) is 0 Å². The minimum atomic E-state index is 0.688. The van der Waals surface area contributed by atoms with Gasteiger partial charge in [0.2, 0.25) is 0 Å². The Kier molecular flexibility index (Phi) is 3.85. The molecule has 22 heavy (non-hydrogen) atoms. The van der Waals surface area contributed by atoms with E-state index >= 15 is 0 Å². The summed E-state index contributed by atoms with van der Waals surface area (Å²) in [5, 5.41) is 0.688. The number of aromatic nitrogens is 3. The third kappa shape index (κ3) is 2.63. The highest BCUT2D eigenvalue weighted by Gasteiger charge is 2.20. The maximum atomic E-state index is 4.87. The van der Waals surface area contributed by atoms with Crippen molar-refractivity contribution >= 4 is 22.9 Å². The summed E-state index contributed by atoms with van der Waals surface area (Å²) < 4.78 is 2.23. The number of benzene rings is 1. The van der Waals surface area contributed by atoms with Gasteiger partial charge in [0.1, 0.15) is 11.3 Å². The number of pyridine rings is 1. The molecule has 0 saturated carbocycles. The summed E-state index contributed by atoms with van der Waals surface area (Å²) in [6, 6.07) is 14.5. The Bertz CT molecular complexity index is 760. The molecule has 3 aromatic rings. The van der Waals surface area contributed by atoms with Gasteiger partial charge in [0, 0.05) is 23.6 Å². The molecule has 1 aromatic carbocycles. The van der Waals surface area contributed by atoms with Crippen LogP contribution in [-0.2, 0) is 6.42 Å². The number of thioether (sulfide) groups is 1. The van der Waals surface area contributed by atoms with Gasteiger partial charge in [0.05, 0.1) is 0 Å². The normalized spacial score (nSPS) is 18.6. The van der Waals surface area contributed by atoms with Gasteiger partial charge in [-0.05, 0) is 42.9 Å². The lowest BCUT2D eigenvalue weighted by atomic mass is 10.1. The Morgan fingerprint density at radius 2 is 2.00 bits per heavy atom. The molecular formula is C18H19N3S. The molecule has 1 fully saturated rings. The molecule has 2 aromatic heterocycles. The van der Waals surface area contributed by atoms with Crippen LogP contribution < -0.4 is 0 Å². The summed E-state index contributed by atoms with van der Waals surface area (Å²) in [7, 11) is 0. The Hall–Kier alpha value is -1.81. The molecular weight excluding hydrogens is 290 g/mol. The summed E-state index contributed by atoms with van der Waals surface area (Å²) in [5.41, 5.74) is 3.10. The Morgan fingerprint density at radius 3 is 2.82 bits per heavy atom. The van der Waals surface area contributed by atoms with Crippen molar-refractivity contribution in [2.75, 3.05) is 5.75 Å². The van der Waals surface area contributed by atoms with Crippen LogP contribution in [0.2, 0.25) is 0 Å². The fraction of sp³-hybridized carbons (Fsp3) is 0.333. The minimum Gasteiger partial charge on any atom is -0.281 e. The Balaban J connectivity index is 1.79. The summed E-state index contributed by atoms with van der Waals surface area (Å²) in [5.74, 6) is 2.42. The molecule has 3 nitrogen and oxygen atoms in total. The average Bonchev–Trinajstić information content (AvgIpc) is 2.94. The predicted molar refractivity (Wildman–Crippen MR) is 92.7 cm³/mol. The average molecular weight is 309 g/mol. The first-order valence-electron chi connectivity index (χ1n) is 7.91. The third-order valence-corrected chi connectivity index (χ3v) is 5.58. The predicted octanol–water partition coefficient (Wildman–Crippen LogP) is 4.25. The van der Waals surface area contributed by atoms with Gasteiger partial charge in [-0.2, -0.15) is 11.8 Å². The fourth-order valence-electron chi connectivity index (χ4n) is 3.12. The van der Waals surface area contributed by atoms with Gasteiger partial charge in [-0.25, -0.2) is 9.97 Å². The zero-order valence-electron chi connectivity index (χ0n) is 12.5. The topological polar surface area (TPSA) is 30.7 Å². The second-order valence-electron chi connectivity index (χ2n) is 5.74. The Morgan fingerprint density at radius 1 is 1.09 bits per heavy atom. The van der Waals surface area contributed by atoms with Gasteiger partial charge in [-0.1, -0.05) is 24.6 Å². The number of para-hydroxylation sites is 1. The highest BCUT2D eigenvalue weighted by atomic mass is 32.2. The molecule has 0 spiro atoms. The summed E-state index contributed by atoms with van der Waals surface area (Å²) in [6.45, 7) is 0. The SMILES string of the molecule is c1ccc(-n2c(CC3CCCCS3)nc3cccnc32)cc1. The largest absolute Gasteiger partial charge is 0.281 e. The molecule has 1 saturated heterocycles. The van der Waals surface area contributed by atoms with Crippen molar-refractivity contribution in [3.63, 3.8) is 0 Å².